The van der Waals surface area contributed by atoms with Gasteiger partial charge in [0, 0.05) is 11.1 Å². The standard InChI is InChI=1S/C35H54O6P2/c1-23-15-17-25(29(33(9,10)11)27(23)31(3,4)5)40-42-36-19-35(20-37-42)21-38-43(39-22-35)41-26-18-16-24(2)28(32(6,7)8)30(26)34(12,13)14/h15-18H,19-22H2,1-14H3. The lowest BCUT2D eigenvalue weighted by Gasteiger charge is -2.42. The van der Waals surface area contributed by atoms with Gasteiger partial charge in [-0.05, 0) is 69.9 Å². The minimum atomic E-state index is -1.54. The Balaban J connectivity index is 1.43. The molecule has 2 aromatic rings. The predicted octanol–water partition coefficient (Wildman–Crippen LogP) is 10.5. The first kappa shape index (κ1) is 34.6. The van der Waals surface area contributed by atoms with Gasteiger partial charge in [-0.2, -0.15) is 0 Å². The third kappa shape index (κ3) is 7.76. The zero-order chi connectivity index (χ0) is 32.2. The normalized spacial score (nSPS) is 23.9. The van der Waals surface area contributed by atoms with Crippen molar-refractivity contribution in [2.45, 2.75) is 119 Å². The smallest absolute Gasteiger partial charge is 0.397 e. The number of benzene rings is 2. The van der Waals surface area contributed by atoms with Crippen molar-refractivity contribution in [1.29, 1.82) is 0 Å². The van der Waals surface area contributed by atoms with Crippen molar-refractivity contribution in [3.63, 3.8) is 0 Å². The van der Waals surface area contributed by atoms with E-state index >= 15 is 0 Å². The van der Waals surface area contributed by atoms with Crippen LogP contribution in [0.4, 0.5) is 0 Å². The van der Waals surface area contributed by atoms with Crippen molar-refractivity contribution in [2.24, 2.45) is 5.41 Å². The van der Waals surface area contributed by atoms with Gasteiger partial charge in [0.15, 0.2) is 0 Å². The minimum Gasteiger partial charge on any atom is -0.426 e. The van der Waals surface area contributed by atoms with E-state index in [1.165, 1.54) is 33.4 Å². The second-order valence-corrected chi connectivity index (χ2v) is 18.8. The monoisotopic (exact) mass is 632 g/mol. The molecule has 240 valence electrons. The molecular weight excluding hydrogens is 578 g/mol. The Morgan fingerprint density at radius 1 is 0.488 bits per heavy atom. The van der Waals surface area contributed by atoms with Crippen LogP contribution in [0.1, 0.15) is 116 Å². The molecule has 2 aromatic carbocycles. The van der Waals surface area contributed by atoms with Crippen molar-refractivity contribution in [2.75, 3.05) is 26.4 Å². The molecule has 4 rings (SSSR count). The summed E-state index contributed by atoms with van der Waals surface area (Å²) in [5.74, 6) is 1.67. The van der Waals surface area contributed by atoms with Crippen LogP contribution in [0.3, 0.4) is 0 Å². The molecule has 2 saturated heterocycles. The van der Waals surface area contributed by atoms with E-state index in [9.17, 15) is 0 Å². The Hall–Kier alpha value is -1.26. The van der Waals surface area contributed by atoms with E-state index in [1.54, 1.807) is 0 Å². The molecule has 0 aliphatic carbocycles. The van der Waals surface area contributed by atoms with Gasteiger partial charge in [-0.3, -0.25) is 0 Å². The minimum absolute atomic E-state index is 0.0185. The molecule has 43 heavy (non-hydrogen) atoms. The summed E-state index contributed by atoms with van der Waals surface area (Å²) in [6.07, 6.45) is 0. The Morgan fingerprint density at radius 3 is 1.02 bits per heavy atom. The van der Waals surface area contributed by atoms with Crippen molar-refractivity contribution < 1.29 is 27.1 Å². The maximum atomic E-state index is 6.45. The lowest BCUT2D eigenvalue weighted by Crippen LogP contribution is -2.45. The average molecular weight is 633 g/mol. The van der Waals surface area contributed by atoms with Crippen LogP contribution in [0.25, 0.3) is 0 Å². The zero-order valence-electron chi connectivity index (χ0n) is 29.0. The van der Waals surface area contributed by atoms with Gasteiger partial charge in [-0.1, -0.05) is 95.2 Å². The summed E-state index contributed by atoms with van der Waals surface area (Å²) in [4.78, 5) is 0. The molecule has 6 nitrogen and oxygen atoms in total. The summed E-state index contributed by atoms with van der Waals surface area (Å²) in [6.45, 7) is 33.0. The molecule has 0 bridgehead atoms. The average Bonchev–Trinajstić information content (AvgIpc) is 2.86. The highest BCUT2D eigenvalue weighted by molar-refractivity contribution is 7.42. The van der Waals surface area contributed by atoms with Crippen LogP contribution >= 0.6 is 17.2 Å². The van der Waals surface area contributed by atoms with Gasteiger partial charge in [0.2, 0.25) is 0 Å². The molecule has 2 heterocycles. The second-order valence-electron chi connectivity index (χ2n) is 16.5. The molecule has 0 amide bonds. The van der Waals surface area contributed by atoms with Crippen molar-refractivity contribution in [1.82, 2.24) is 0 Å². The highest BCUT2D eigenvalue weighted by Crippen LogP contribution is 2.55. The van der Waals surface area contributed by atoms with Gasteiger partial charge >= 0.3 is 17.2 Å². The second kappa shape index (κ2) is 12.2. The molecule has 2 fully saturated rings. The first-order chi connectivity index (χ1) is 19.6. The van der Waals surface area contributed by atoms with Crippen LogP contribution < -0.4 is 9.05 Å². The molecular formula is C35H54O6P2. The molecule has 2 aliphatic heterocycles. The van der Waals surface area contributed by atoms with E-state index in [0.29, 0.717) is 26.4 Å². The molecule has 2 aliphatic rings. The topological polar surface area (TPSA) is 55.4 Å². The molecule has 1 spiro atoms. The van der Waals surface area contributed by atoms with Crippen LogP contribution in [0.2, 0.25) is 0 Å². The molecule has 0 N–H and O–H groups in total. The van der Waals surface area contributed by atoms with Crippen LogP contribution in [-0.4, -0.2) is 26.4 Å². The van der Waals surface area contributed by atoms with Gasteiger partial charge in [0.25, 0.3) is 0 Å². The van der Waals surface area contributed by atoms with Crippen LogP contribution in [-0.2, 0) is 39.8 Å². The van der Waals surface area contributed by atoms with Gasteiger partial charge in [-0.15, -0.1) is 0 Å². The molecule has 0 radical (unpaired) electrons. The van der Waals surface area contributed by atoms with E-state index in [1.807, 2.05) is 0 Å². The predicted molar refractivity (Wildman–Crippen MR) is 178 cm³/mol. The summed E-state index contributed by atoms with van der Waals surface area (Å²) < 4.78 is 37.7. The van der Waals surface area contributed by atoms with Gasteiger partial charge < -0.3 is 27.1 Å². The lowest BCUT2D eigenvalue weighted by molar-refractivity contribution is -0.0673. The summed E-state index contributed by atoms with van der Waals surface area (Å²) >= 11 is 0. The molecule has 0 saturated carbocycles. The van der Waals surface area contributed by atoms with Crippen LogP contribution in [0, 0.1) is 19.3 Å². The molecule has 0 atom stereocenters. The van der Waals surface area contributed by atoms with Gasteiger partial charge in [0.05, 0.1) is 31.8 Å². The van der Waals surface area contributed by atoms with Crippen molar-refractivity contribution >= 4 is 17.2 Å². The Morgan fingerprint density at radius 2 is 0.767 bits per heavy atom. The largest absolute Gasteiger partial charge is 0.426 e. The first-order valence-electron chi connectivity index (χ1n) is 15.4. The highest BCUT2D eigenvalue weighted by Gasteiger charge is 2.46. The Kier molecular flexibility index (Phi) is 9.79. The van der Waals surface area contributed by atoms with Gasteiger partial charge in [0.1, 0.15) is 11.5 Å². The summed E-state index contributed by atoms with van der Waals surface area (Å²) in [5, 5.41) is 0. The molecule has 0 aromatic heterocycles. The van der Waals surface area contributed by atoms with E-state index in [-0.39, 0.29) is 21.7 Å². The number of hydrogen-bond donors (Lipinski definition) is 0. The third-order valence-corrected chi connectivity index (χ3v) is 10.1. The fraction of sp³-hybridized carbons (Fsp3) is 0.657. The van der Waals surface area contributed by atoms with E-state index < -0.39 is 22.6 Å². The zero-order valence-corrected chi connectivity index (χ0v) is 30.8. The third-order valence-electron chi connectivity index (χ3n) is 8.00. The van der Waals surface area contributed by atoms with Crippen LogP contribution in [0.5, 0.6) is 11.5 Å². The van der Waals surface area contributed by atoms with Crippen LogP contribution in [0.15, 0.2) is 24.3 Å². The number of aryl methyl sites for hydroxylation is 2. The SMILES string of the molecule is Cc1ccc(OP2OCC3(CO2)COP(Oc2ccc(C)c(C(C)(C)C)c2C(C)(C)C)OC3)c(C(C)(C)C)c1C(C)(C)C. The molecule has 8 heteroatoms. The summed E-state index contributed by atoms with van der Waals surface area (Å²) in [7, 11) is -3.09. The fourth-order valence-electron chi connectivity index (χ4n) is 6.30. The maximum absolute atomic E-state index is 6.45. The van der Waals surface area contributed by atoms with E-state index in [2.05, 4.69) is 121 Å². The van der Waals surface area contributed by atoms with E-state index in [0.717, 1.165) is 11.5 Å². The number of rotatable bonds is 4. The summed E-state index contributed by atoms with van der Waals surface area (Å²) in [6, 6.07) is 8.40. The Labute approximate surface area is 263 Å². The van der Waals surface area contributed by atoms with E-state index in [4.69, 9.17) is 27.1 Å². The number of hydrogen-bond acceptors (Lipinski definition) is 6. The van der Waals surface area contributed by atoms with Crippen molar-refractivity contribution in [3.05, 3.63) is 57.6 Å². The maximum Gasteiger partial charge on any atom is 0.397 e. The Bertz CT molecular complexity index is 1190. The fourth-order valence-corrected chi connectivity index (χ4v) is 8.80. The lowest BCUT2D eigenvalue weighted by atomic mass is 9.73. The first-order valence-corrected chi connectivity index (χ1v) is 17.6. The van der Waals surface area contributed by atoms with Gasteiger partial charge in [-0.25, -0.2) is 0 Å². The molecule has 0 unspecified atom stereocenters. The summed E-state index contributed by atoms with van der Waals surface area (Å²) in [5.41, 5.74) is 6.97. The van der Waals surface area contributed by atoms with Crippen molar-refractivity contribution in [3.8, 4) is 11.5 Å². The quantitative estimate of drug-likeness (QED) is 0.313. The highest BCUT2D eigenvalue weighted by atomic mass is 31.2.